The summed E-state index contributed by atoms with van der Waals surface area (Å²) in [7, 11) is 0. The molecule has 6 nitrogen and oxygen atoms in total. The Morgan fingerprint density at radius 3 is 2.95 bits per heavy atom. The van der Waals surface area contributed by atoms with Crippen LogP contribution < -0.4 is 10.7 Å². The molecule has 3 N–H and O–H groups in total. The maximum absolute atomic E-state index is 11.7. The molecule has 1 aliphatic rings. The summed E-state index contributed by atoms with van der Waals surface area (Å²) in [5, 5.41) is 15.8. The lowest BCUT2D eigenvalue weighted by atomic mass is 10.1. The Kier molecular flexibility index (Phi) is 4.70. The van der Waals surface area contributed by atoms with Crippen LogP contribution in [0.5, 0.6) is 0 Å². The molecule has 0 aromatic heterocycles. The second-order valence-corrected chi connectivity index (χ2v) is 4.61. The minimum absolute atomic E-state index is 0.0831. The van der Waals surface area contributed by atoms with Gasteiger partial charge in [0.05, 0.1) is 12.1 Å². The molecule has 1 aromatic carbocycles. The fraction of sp³-hybridized carbons (Fsp3) is 0.357. The van der Waals surface area contributed by atoms with Crippen LogP contribution in [0.25, 0.3) is 0 Å². The highest BCUT2D eigenvalue weighted by atomic mass is 16.4. The zero-order valence-corrected chi connectivity index (χ0v) is 11.1. The van der Waals surface area contributed by atoms with Crippen molar-refractivity contribution < 1.29 is 14.7 Å². The number of carbonyl (C=O) groups excluding carboxylic acids is 1. The smallest absolute Gasteiger partial charge is 0.307 e. The molecule has 0 aliphatic carbocycles. The summed E-state index contributed by atoms with van der Waals surface area (Å²) in [6.45, 7) is 0.674. The second kappa shape index (κ2) is 6.70. The van der Waals surface area contributed by atoms with Crippen molar-refractivity contribution in [2.24, 2.45) is 5.10 Å². The summed E-state index contributed by atoms with van der Waals surface area (Å²) in [5.41, 5.74) is 4.51. The number of para-hydroxylation sites is 1. The molecule has 1 aromatic rings. The molecule has 0 atom stereocenters. The number of benzene rings is 1. The van der Waals surface area contributed by atoms with E-state index in [1.807, 2.05) is 0 Å². The molecule has 2 rings (SSSR count). The topological polar surface area (TPSA) is 90.8 Å². The van der Waals surface area contributed by atoms with Crippen molar-refractivity contribution in [3.63, 3.8) is 0 Å². The van der Waals surface area contributed by atoms with Gasteiger partial charge in [0.25, 0.3) is 5.91 Å². The Morgan fingerprint density at radius 2 is 2.15 bits per heavy atom. The largest absolute Gasteiger partial charge is 0.481 e. The van der Waals surface area contributed by atoms with Crippen molar-refractivity contribution in [1.82, 2.24) is 5.32 Å². The van der Waals surface area contributed by atoms with E-state index in [9.17, 15) is 9.59 Å². The molecule has 0 saturated carbocycles. The summed E-state index contributed by atoms with van der Waals surface area (Å²) in [6, 6.07) is 7.04. The van der Waals surface area contributed by atoms with Crippen molar-refractivity contribution in [2.45, 2.75) is 25.7 Å². The van der Waals surface area contributed by atoms with E-state index in [0.29, 0.717) is 29.9 Å². The Morgan fingerprint density at radius 1 is 1.35 bits per heavy atom. The maximum Gasteiger partial charge on any atom is 0.307 e. The summed E-state index contributed by atoms with van der Waals surface area (Å²) in [5.74, 6) is -1.06. The van der Waals surface area contributed by atoms with Gasteiger partial charge in [0.1, 0.15) is 5.71 Å². The van der Waals surface area contributed by atoms with Gasteiger partial charge in [-0.15, -0.1) is 0 Å². The van der Waals surface area contributed by atoms with Gasteiger partial charge >= 0.3 is 5.97 Å². The first-order valence-electron chi connectivity index (χ1n) is 6.57. The summed E-state index contributed by atoms with van der Waals surface area (Å²) in [6.07, 6.45) is 2.40. The first-order valence-corrected chi connectivity index (χ1v) is 6.57. The van der Waals surface area contributed by atoms with Crippen LogP contribution in [0.1, 0.15) is 24.8 Å². The highest BCUT2D eigenvalue weighted by Crippen LogP contribution is 2.16. The molecule has 20 heavy (non-hydrogen) atoms. The summed E-state index contributed by atoms with van der Waals surface area (Å²) in [4.78, 5) is 22.5. The predicted molar refractivity (Wildman–Crippen MR) is 75.7 cm³/mol. The number of hydrogen-bond acceptors (Lipinski definition) is 4. The molecule has 106 valence electrons. The average molecular weight is 275 g/mol. The first-order chi connectivity index (χ1) is 9.66. The summed E-state index contributed by atoms with van der Waals surface area (Å²) >= 11 is 0. The highest BCUT2D eigenvalue weighted by Gasteiger charge is 2.14. The summed E-state index contributed by atoms with van der Waals surface area (Å²) < 4.78 is 0. The number of aliphatic carboxylic acids is 1. The van der Waals surface area contributed by atoms with Gasteiger partial charge in [-0.05, 0) is 30.9 Å². The lowest BCUT2D eigenvalue weighted by molar-refractivity contribution is -0.136. The number of rotatable bonds is 4. The van der Waals surface area contributed by atoms with E-state index < -0.39 is 5.97 Å². The number of hydrogen-bond donors (Lipinski definition) is 3. The molecular weight excluding hydrogens is 258 g/mol. The number of nitrogens with one attached hydrogen (secondary N) is 2. The average Bonchev–Trinajstić information content (AvgIpc) is 2.62. The van der Waals surface area contributed by atoms with Crippen molar-refractivity contribution in [2.75, 3.05) is 12.0 Å². The Balaban J connectivity index is 2.13. The third-order valence-corrected chi connectivity index (χ3v) is 3.06. The number of carboxylic acids is 1. The third-order valence-electron chi connectivity index (χ3n) is 3.06. The predicted octanol–water partition coefficient (Wildman–Crippen LogP) is 1.38. The van der Waals surface area contributed by atoms with Crippen LogP contribution in [-0.2, 0) is 16.0 Å². The van der Waals surface area contributed by atoms with E-state index in [1.165, 1.54) is 0 Å². The van der Waals surface area contributed by atoms with Gasteiger partial charge in [-0.25, -0.2) is 0 Å². The molecule has 1 amide bonds. The molecule has 0 radical (unpaired) electrons. The number of amides is 1. The lowest BCUT2D eigenvalue weighted by Gasteiger charge is -2.08. The molecule has 0 bridgehead atoms. The minimum atomic E-state index is -0.904. The van der Waals surface area contributed by atoms with Gasteiger partial charge in [0.2, 0.25) is 0 Å². The number of nitrogens with zero attached hydrogens (tertiary/aromatic N) is 1. The fourth-order valence-corrected chi connectivity index (χ4v) is 2.02. The van der Waals surface area contributed by atoms with Crippen LogP contribution >= 0.6 is 0 Å². The van der Waals surface area contributed by atoms with Crippen molar-refractivity contribution in [3.05, 3.63) is 29.8 Å². The van der Waals surface area contributed by atoms with Gasteiger partial charge in [-0.2, -0.15) is 5.10 Å². The number of carboxylic acid groups (broad SMARTS) is 1. The van der Waals surface area contributed by atoms with Gasteiger partial charge in [0.15, 0.2) is 0 Å². The monoisotopic (exact) mass is 275 g/mol. The van der Waals surface area contributed by atoms with Crippen LogP contribution in [0.4, 0.5) is 5.69 Å². The normalized spacial score (nSPS) is 17.4. The number of hydrazone groups is 1. The van der Waals surface area contributed by atoms with Gasteiger partial charge in [-0.3, -0.25) is 15.0 Å². The Hall–Kier alpha value is -2.37. The quantitative estimate of drug-likeness (QED) is 0.724. The van der Waals surface area contributed by atoms with E-state index in [0.717, 1.165) is 12.8 Å². The number of carbonyl (C=O) groups is 2. The molecule has 1 fully saturated rings. The first kappa shape index (κ1) is 14.0. The zero-order chi connectivity index (χ0) is 14.4. The van der Waals surface area contributed by atoms with Gasteiger partial charge in [-0.1, -0.05) is 18.2 Å². The van der Waals surface area contributed by atoms with Crippen molar-refractivity contribution in [1.29, 1.82) is 0 Å². The zero-order valence-electron chi connectivity index (χ0n) is 11.1. The van der Waals surface area contributed by atoms with Gasteiger partial charge in [0, 0.05) is 6.54 Å². The van der Waals surface area contributed by atoms with Crippen LogP contribution in [0.3, 0.4) is 0 Å². The standard InChI is InChI=1S/C14H17N3O3/c18-13(19)9-10-5-1-2-6-11(10)16-17-12-7-3-4-8-15-14(12)20/h1-2,5-6,16H,3-4,7-9H2,(H,15,20)(H,18,19). The Bertz CT molecular complexity index is 540. The molecule has 0 unspecified atom stereocenters. The molecule has 1 heterocycles. The molecule has 1 saturated heterocycles. The molecule has 6 heteroatoms. The highest BCUT2D eigenvalue weighted by molar-refractivity contribution is 6.39. The third kappa shape index (κ3) is 3.81. The SMILES string of the molecule is O=C(O)Cc1ccccc1NN=C1CCCCNC1=O. The Labute approximate surface area is 116 Å². The van der Waals surface area contributed by atoms with Crippen molar-refractivity contribution in [3.8, 4) is 0 Å². The van der Waals surface area contributed by atoms with Crippen LogP contribution in [0.2, 0.25) is 0 Å². The van der Waals surface area contributed by atoms with E-state index in [4.69, 9.17) is 5.11 Å². The maximum atomic E-state index is 11.7. The second-order valence-electron chi connectivity index (χ2n) is 4.61. The number of anilines is 1. The van der Waals surface area contributed by atoms with Crippen LogP contribution in [-0.4, -0.2) is 29.2 Å². The van der Waals surface area contributed by atoms with E-state index >= 15 is 0 Å². The van der Waals surface area contributed by atoms with Crippen LogP contribution in [0, 0.1) is 0 Å². The van der Waals surface area contributed by atoms with Crippen LogP contribution in [0.15, 0.2) is 29.4 Å². The van der Waals surface area contributed by atoms with E-state index in [-0.39, 0.29) is 12.3 Å². The van der Waals surface area contributed by atoms with Crippen molar-refractivity contribution >= 4 is 23.3 Å². The molecule has 1 aliphatic heterocycles. The molecular formula is C14H17N3O3. The van der Waals surface area contributed by atoms with E-state index in [1.54, 1.807) is 24.3 Å². The van der Waals surface area contributed by atoms with Gasteiger partial charge < -0.3 is 10.4 Å². The molecule has 0 spiro atoms. The van der Waals surface area contributed by atoms with E-state index in [2.05, 4.69) is 15.8 Å². The lowest BCUT2D eigenvalue weighted by Crippen LogP contribution is -2.29. The minimum Gasteiger partial charge on any atom is -0.481 e. The fourth-order valence-electron chi connectivity index (χ4n) is 2.02.